The van der Waals surface area contributed by atoms with Gasteiger partial charge in [-0.05, 0) is 38.1 Å². The molecule has 126 valence electrons. The zero-order valence-electron chi connectivity index (χ0n) is 12.4. The van der Waals surface area contributed by atoms with Crippen LogP contribution in [0.3, 0.4) is 0 Å². The molecular weight excluding hydrogens is 342 g/mol. The molecule has 1 aromatic carbocycles. The lowest BCUT2D eigenvalue weighted by Gasteiger charge is -2.51. The minimum Gasteiger partial charge on any atom is -0.408 e. The predicted molar refractivity (Wildman–Crippen MR) is 87.4 cm³/mol. The number of aromatic amines is 1. The van der Waals surface area contributed by atoms with Gasteiger partial charge in [-0.25, -0.2) is 13.2 Å². The topological polar surface area (TPSA) is 95.4 Å². The van der Waals surface area contributed by atoms with Crippen molar-refractivity contribution < 1.29 is 12.8 Å². The average Bonchev–Trinajstić information content (AvgIpc) is 2.84. The minimum absolute atomic E-state index is 0. The van der Waals surface area contributed by atoms with E-state index in [0.717, 1.165) is 25.9 Å². The number of hydrogen-bond donors (Lipinski definition) is 2. The molecule has 0 aliphatic carbocycles. The number of fused-ring (bicyclic) bond motifs is 1. The van der Waals surface area contributed by atoms with Crippen molar-refractivity contribution in [3.8, 4) is 0 Å². The maximum absolute atomic E-state index is 12.7. The van der Waals surface area contributed by atoms with Crippen LogP contribution in [0.4, 0.5) is 0 Å². The lowest BCUT2D eigenvalue weighted by atomic mass is 9.74. The van der Waals surface area contributed by atoms with E-state index in [1.165, 1.54) is 16.4 Å². The van der Waals surface area contributed by atoms with Crippen molar-refractivity contribution in [2.24, 2.45) is 5.41 Å². The van der Waals surface area contributed by atoms with Crippen molar-refractivity contribution in [3.05, 3.63) is 28.7 Å². The quantitative estimate of drug-likeness (QED) is 0.831. The normalized spacial score (nSPS) is 21.0. The SMILES string of the molecule is Cl.O=c1[nH]c2ccc(S(=O)(=O)N3CC4(CCNCC4)C3)cc2o1. The van der Waals surface area contributed by atoms with E-state index in [2.05, 4.69) is 10.3 Å². The Bertz CT molecular complexity index is 875. The van der Waals surface area contributed by atoms with E-state index in [0.29, 0.717) is 18.6 Å². The Morgan fingerprint density at radius 3 is 2.57 bits per heavy atom. The molecule has 2 N–H and O–H groups in total. The van der Waals surface area contributed by atoms with Crippen molar-refractivity contribution in [1.82, 2.24) is 14.6 Å². The number of sulfonamides is 1. The fourth-order valence-corrected chi connectivity index (χ4v) is 5.06. The molecule has 1 spiro atoms. The molecule has 0 radical (unpaired) electrons. The third-order valence-corrected chi connectivity index (χ3v) is 6.51. The van der Waals surface area contributed by atoms with Crippen LogP contribution in [-0.2, 0) is 10.0 Å². The number of H-pyrrole nitrogens is 1. The van der Waals surface area contributed by atoms with E-state index in [4.69, 9.17) is 4.42 Å². The molecule has 23 heavy (non-hydrogen) atoms. The third kappa shape index (κ3) is 2.69. The highest BCUT2D eigenvalue weighted by Crippen LogP contribution is 2.41. The second kappa shape index (κ2) is 5.62. The van der Waals surface area contributed by atoms with Crippen molar-refractivity contribution >= 4 is 33.5 Å². The molecular formula is C14H18ClN3O4S. The van der Waals surface area contributed by atoms with Gasteiger partial charge in [0.2, 0.25) is 10.0 Å². The molecule has 0 amide bonds. The first-order valence-electron chi connectivity index (χ1n) is 7.32. The number of benzene rings is 1. The average molecular weight is 360 g/mol. The summed E-state index contributed by atoms with van der Waals surface area (Å²) >= 11 is 0. The van der Waals surface area contributed by atoms with Crippen LogP contribution in [0.25, 0.3) is 11.1 Å². The molecule has 0 bridgehead atoms. The van der Waals surface area contributed by atoms with E-state index in [1.807, 2.05) is 0 Å². The van der Waals surface area contributed by atoms with E-state index >= 15 is 0 Å². The van der Waals surface area contributed by atoms with Gasteiger partial charge in [0.05, 0.1) is 10.4 Å². The maximum Gasteiger partial charge on any atom is 0.417 e. The van der Waals surface area contributed by atoms with Crippen LogP contribution >= 0.6 is 12.4 Å². The van der Waals surface area contributed by atoms with Gasteiger partial charge in [-0.2, -0.15) is 4.31 Å². The number of aromatic nitrogens is 1. The van der Waals surface area contributed by atoms with Crippen LogP contribution in [0, 0.1) is 5.41 Å². The zero-order valence-corrected chi connectivity index (χ0v) is 14.0. The highest BCUT2D eigenvalue weighted by Gasteiger charge is 2.48. The molecule has 2 aliphatic heterocycles. The number of nitrogens with one attached hydrogen (secondary N) is 2. The number of piperidine rings is 1. The Balaban J connectivity index is 0.00000156. The lowest BCUT2D eigenvalue weighted by Crippen LogP contribution is -2.61. The van der Waals surface area contributed by atoms with Gasteiger partial charge in [-0.3, -0.25) is 4.98 Å². The van der Waals surface area contributed by atoms with Crippen molar-refractivity contribution in [2.45, 2.75) is 17.7 Å². The smallest absolute Gasteiger partial charge is 0.408 e. The first kappa shape index (κ1) is 16.5. The summed E-state index contributed by atoms with van der Waals surface area (Å²) in [7, 11) is -3.52. The van der Waals surface area contributed by atoms with Crippen LogP contribution in [0.5, 0.6) is 0 Å². The second-order valence-corrected chi connectivity index (χ2v) is 8.13. The summed E-state index contributed by atoms with van der Waals surface area (Å²) in [5.41, 5.74) is 0.911. The Kier molecular flexibility index (Phi) is 4.04. The zero-order chi connectivity index (χ0) is 15.4. The highest BCUT2D eigenvalue weighted by molar-refractivity contribution is 7.89. The fourth-order valence-electron chi connectivity index (χ4n) is 3.38. The summed E-state index contributed by atoms with van der Waals surface area (Å²) in [6.07, 6.45) is 2.04. The van der Waals surface area contributed by atoms with Gasteiger partial charge in [-0.15, -0.1) is 12.4 Å². The number of hydrogen-bond acceptors (Lipinski definition) is 5. The lowest BCUT2D eigenvalue weighted by molar-refractivity contribution is 0.0373. The van der Waals surface area contributed by atoms with E-state index in [1.54, 1.807) is 6.07 Å². The molecule has 9 heteroatoms. The van der Waals surface area contributed by atoms with Gasteiger partial charge in [0.25, 0.3) is 0 Å². The Labute approximate surface area is 139 Å². The molecule has 1 aromatic heterocycles. The third-order valence-electron chi connectivity index (χ3n) is 4.72. The van der Waals surface area contributed by atoms with E-state index in [-0.39, 0.29) is 28.3 Å². The molecule has 0 atom stereocenters. The van der Waals surface area contributed by atoms with Crippen LogP contribution in [-0.4, -0.2) is 43.9 Å². The molecule has 2 fully saturated rings. The molecule has 3 heterocycles. The Morgan fingerprint density at radius 1 is 1.17 bits per heavy atom. The molecule has 0 saturated carbocycles. The van der Waals surface area contributed by atoms with E-state index < -0.39 is 15.8 Å². The van der Waals surface area contributed by atoms with Gasteiger partial charge in [0, 0.05) is 24.6 Å². The summed E-state index contributed by atoms with van der Waals surface area (Å²) in [6, 6.07) is 4.49. The van der Waals surface area contributed by atoms with Gasteiger partial charge in [-0.1, -0.05) is 0 Å². The maximum atomic E-state index is 12.7. The van der Waals surface area contributed by atoms with Crippen LogP contribution in [0.2, 0.25) is 0 Å². The van der Waals surface area contributed by atoms with Gasteiger partial charge in [0.1, 0.15) is 0 Å². The number of oxazole rings is 1. The summed E-state index contributed by atoms with van der Waals surface area (Å²) in [6.45, 7) is 3.06. The summed E-state index contributed by atoms with van der Waals surface area (Å²) in [5, 5.41) is 3.30. The first-order valence-corrected chi connectivity index (χ1v) is 8.76. The summed E-state index contributed by atoms with van der Waals surface area (Å²) < 4.78 is 31.8. The number of halogens is 1. The van der Waals surface area contributed by atoms with Crippen LogP contribution < -0.4 is 11.1 Å². The standard InChI is InChI=1S/C14H17N3O4S.ClH/c18-13-16-11-2-1-10(7-12(11)21-13)22(19,20)17-8-14(9-17)3-5-15-6-4-14;/h1-2,7,15H,3-6,8-9H2,(H,16,18);1H. The van der Waals surface area contributed by atoms with Gasteiger partial charge < -0.3 is 9.73 Å². The molecule has 4 rings (SSSR count). The van der Waals surface area contributed by atoms with Crippen molar-refractivity contribution in [2.75, 3.05) is 26.2 Å². The van der Waals surface area contributed by atoms with Crippen molar-refractivity contribution in [1.29, 1.82) is 0 Å². The number of rotatable bonds is 2. The predicted octanol–water partition coefficient (Wildman–Crippen LogP) is 0.917. The Hall–Kier alpha value is -1.35. The largest absolute Gasteiger partial charge is 0.417 e. The van der Waals surface area contributed by atoms with E-state index in [9.17, 15) is 13.2 Å². The van der Waals surface area contributed by atoms with Crippen LogP contribution in [0.1, 0.15) is 12.8 Å². The summed E-state index contributed by atoms with van der Waals surface area (Å²) in [5.74, 6) is -0.581. The molecule has 0 unspecified atom stereocenters. The molecule has 2 aromatic rings. The van der Waals surface area contributed by atoms with Crippen molar-refractivity contribution in [3.63, 3.8) is 0 Å². The Morgan fingerprint density at radius 2 is 1.87 bits per heavy atom. The monoisotopic (exact) mass is 359 g/mol. The molecule has 2 saturated heterocycles. The second-order valence-electron chi connectivity index (χ2n) is 6.20. The first-order chi connectivity index (χ1) is 10.5. The van der Waals surface area contributed by atoms with Gasteiger partial charge in [0.15, 0.2) is 5.58 Å². The van der Waals surface area contributed by atoms with Gasteiger partial charge >= 0.3 is 5.76 Å². The highest BCUT2D eigenvalue weighted by atomic mass is 35.5. The minimum atomic E-state index is -3.52. The number of nitrogens with zero attached hydrogens (tertiary/aromatic N) is 1. The summed E-state index contributed by atoms with van der Waals surface area (Å²) in [4.78, 5) is 13.8. The molecule has 2 aliphatic rings. The van der Waals surface area contributed by atoms with Crippen LogP contribution in [0.15, 0.2) is 32.3 Å². The molecule has 7 nitrogen and oxygen atoms in total. The fraction of sp³-hybridized carbons (Fsp3) is 0.500.